The first kappa shape index (κ1) is 12.7. The molecule has 0 aliphatic heterocycles. The Balaban J connectivity index is 2.62. The maximum atomic E-state index is 11.1. The number of ether oxygens (including phenoxy) is 2. The predicted octanol–water partition coefficient (Wildman–Crippen LogP) is 1.16. The predicted molar refractivity (Wildman–Crippen MR) is 60.9 cm³/mol. The zero-order valence-corrected chi connectivity index (χ0v) is 9.47. The first-order valence-electron chi connectivity index (χ1n) is 4.72. The highest BCUT2D eigenvalue weighted by atomic mass is 16.5. The van der Waals surface area contributed by atoms with Gasteiger partial charge in [0.05, 0.1) is 26.0 Å². The molecule has 1 N–H and O–H groups in total. The van der Waals surface area contributed by atoms with Gasteiger partial charge in [0, 0.05) is 0 Å². The summed E-state index contributed by atoms with van der Waals surface area (Å²) in [6.45, 7) is 0. The maximum Gasteiger partial charge on any atom is 0.427 e. The van der Waals surface area contributed by atoms with Crippen molar-refractivity contribution in [2.45, 2.75) is 0 Å². The molecule has 0 heterocycles. The van der Waals surface area contributed by atoms with Gasteiger partial charge in [-0.25, -0.2) is 15.0 Å². The van der Waals surface area contributed by atoms with Crippen LogP contribution in [0.25, 0.3) is 0 Å². The van der Waals surface area contributed by atoms with Crippen molar-refractivity contribution in [2.75, 3.05) is 14.2 Å². The first-order valence-corrected chi connectivity index (χ1v) is 4.72. The number of methoxy groups -OCH3 is 2. The lowest BCUT2D eigenvalue weighted by molar-refractivity contribution is 0.0600. The van der Waals surface area contributed by atoms with E-state index in [9.17, 15) is 9.59 Å². The molecular weight excluding hydrogens is 224 g/mol. The van der Waals surface area contributed by atoms with Crippen LogP contribution in [0.5, 0.6) is 0 Å². The number of nitrogens with zero attached hydrogens (tertiary/aromatic N) is 1. The van der Waals surface area contributed by atoms with Gasteiger partial charge in [-0.05, 0) is 17.7 Å². The number of benzene rings is 1. The van der Waals surface area contributed by atoms with Crippen LogP contribution in [-0.4, -0.2) is 32.5 Å². The number of hydrazone groups is 1. The van der Waals surface area contributed by atoms with Crippen LogP contribution < -0.4 is 5.43 Å². The number of hydrogen-bond donors (Lipinski definition) is 1. The third-order valence-electron chi connectivity index (χ3n) is 1.89. The first-order chi connectivity index (χ1) is 8.17. The molecule has 0 bridgehead atoms. The minimum Gasteiger partial charge on any atom is -0.465 e. The Hall–Kier alpha value is -2.37. The van der Waals surface area contributed by atoms with Crippen LogP contribution in [0.15, 0.2) is 29.4 Å². The number of nitrogens with one attached hydrogen (secondary N) is 1. The van der Waals surface area contributed by atoms with E-state index in [0.717, 1.165) is 5.56 Å². The minimum absolute atomic E-state index is 0.402. The second-order valence-corrected chi connectivity index (χ2v) is 2.98. The second kappa shape index (κ2) is 6.26. The van der Waals surface area contributed by atoms with Crippen LogP contribution in [0.3, 0.4) is 0 Å². The summed E-state index contributed by atoms with van der Waals surface area (Å²) < 4.78 is 8.89. The molecule has 0 saturated carbocycles. The van der Waals surface area contributed by atoms with Gasteiger partial charge in [-0.2, -0.15) is 5.10 Å². The molecule has 1 rings (SSSR count). The molecule has 6 heteroatoms. The molecular formula is C11H12N2O4. The lowest BCUT2D eigenvalue weighted by Gasteiger charge is -1.99. The van der Waals surface area contributed by atoms with E-state index in [1.54, 1.807) is 24.3 Å². The number of carbonyl (C=O) groups is 2. The standard InChI is InChI=1S/C11H12N2O4/c1-16-10(14)9-5-3-8(4-6-9)7-12-13-11(15)17-2/h3-7H,1-2H3,(H,13,15). The number of hydrogen-bond acceptors (Lipinski definition) is 5. The van der Waals surface area contributed by atoms with Crippen molar-refractivity contribution >= 4 is 18.3 Å². The number of amides is 1. The molecule has 0 saturated heterocycles. The lowest BCUT2D eigenvalue weighted by atomic mass is 10.1. The van der Waals surface area contributed by atoms with E-state index in [2.05, 4.69) is 20.0 Å². The highest BCUT2D eigenvalue weighted by Gasteiger charge is 2.03. The molecule has 0 spiro atoms. The Kier molecular flexibility index (Phi) is 4.68. The van der Waals surface area contributed by atoms with Crippen LogP contribution in [0, 0.1) is 0 Å². The average molecular weight is 236 g/mol. The van der Waals surface area contributed by atoms with Gasteiger partial charge in [0.1, 0.15) is 0 Å². The molecule has 0 radical (unpaired) electrons. The van der Waals surface area contributed by atoms with Crippen molar-refractivity contribution in [3.63, 3.8) is 0 Å². The van der Waals surface area contributed by atoms with E-state index < -0.39 is 12.1 Å². The molecule has 0 aromatic heterocycles. The summed E-state index contributed by atoms with van der Waals surface area (Å²) in [7, 11) is 2.56. The quantitative estimate of drug-likeness (QED) is 0.485. The molecule has 0 aliphatic rings. The van der Waals surface area contributed by atoms with Gasteiger partial charge in [0.2, 0.25) is 0 Å². The minimum atomic E-state index is -0.646. The molecule has 0 atom stereocenters. The number of carbonyl (C=O) groups excluding carboxylic acids is 2. The number of esters is 1. The van der Waals surface area contributed by atoms with Gasteiger partial charge in [-0.3, -0.25) is 0 Å². The van der Waals surface area contributed by atoms with Gasteiger partial charge < -0.3 is 9.47 Å². The summed E-state index contributed by atoms with van der Waals surface area (Å²) in [5.74, 6) is -0.402. The smallest absolute Gasteiger partial charge is 0.427 e. The van der Waals surface area contributed by atoms with E-state index >= 15 is 0 Å². The van der Waals surface area contributed by atoms with Gasteiger partial charge in [0.15, 0.2) is 0 Å². The normalized spacial score (nSPS) is 10.0. The van der Waals surface area contributed by atoms with Crippen LogP contribution in [0.4, 0.5) is 4.79 Å². The SMILES string of the molecule is COC(=O)NN=Cc1ccc(C(=O)OC)cc1. The highest BCUT2D eigenvalue weighted by molar-refractivity contribution is 5.90. The summed E-state index contributed by atoms with van der Waals surface area (Å²) in [4.78, 5) is 21.8. The molecule has 0 aliphatic carbocycles. The van der Waals surface area contributed by atoms with Crippen LogP contribution in [0.2, 0.25) is 0 Å². The number of rotatable bonds is 3. The van der Waals surface area contributed by atoms with Crippen LogP contribution >= 0.6 is 0 Å². The molecule has 1 aromatic carbocycles. The largest absolute Gasteiger partial charge is 0.465 e. The Bertz CT molecular complexity index is 426. The third kappa shape index (κ3) is 3.94. The summed E-state index contributed by atoms with van der Waals surface area (Å²) in [6.07, 6.45) is 0.783. The highest BCUT2D eigenvalue weighted by Crippen LogP contribution is 2.03. The van der Waals surface area contributed by atoms with Crippen LogP contribution in [0.1, 0.15) is 15.9 Å². The van der Waals surface area contributed by atoms with Crippen molar-refractivity contribution in [3.05, 3.63) is 35.4 Å². The molecule has 1 aromatic rings. The second-order valence-electron chi connectivity index (χ2n) is 2.98. The molecule has 6 nitrogen and oxygen atoms in total. The van der Waals surface area contributed by atoms with E-state index in [-0.39, 0.29) is 0 Å². The molecule has 0 fully saturated rings. The van der Waals surface area contributed by atoms with Crippen LogP contribution in [-0.2, 0) is 9.47 Å². The third-order valence-corrected chi connectivity index (χ3v) is 1.89. The zero-order chi connectivity index (χ0) is 12.7. The molecule has 1 amide bonds. The van der Waals surface area contributed by atoms with Crippen molar-refractivity contribution < 1.29 is 19.1 Å². The Morgan fingerprint density at radius 3 is 2.35 bits per heavy atom. The zero-order valence-electron chi connectivity index (χ0n) is 9.47. The monoisotopic (exact) mass is 236 g/mol. The molecule has 90 valence electrons. The van der Waals surface area contributed by atoms with E-state index in [0.29, 0.717) is 5.56 Å². The van der Waals surface area contributed by atoms with Gasteiger partial charge in [-0.15, -0.1) is 0 Å². The summed E-state index contributed by atoms with van der Waals surface area (Å²) in [6, 6.07) is 6.56. The summed E-state index contributed by atoms with van der Waals surface area (Å²) in [5.41, 5.74) is 3.33. The van der Waals surface area contributed by atoms with Gasteiger partial charge >= 0.3 is 12.1 Å². The Morgan fingerprint density at radius 2 is 1.82 bits per heavy atom. The average Bonchev–Trinajstić information content (AvgIpc) is 2.38. The van der Waals surface area contributed by atoms with E-state index in [1.165, 1.54) is 20.4 Å². The summed E-state index contributed by atoms with van der Waals surface area (Å²) in [5, 5.41) is 3.64. The van der Waals surface area contributed by atoms with E-state index in [1.807, 2.05) is 0 Å². The maximum absolute atomic E-state index is 11.1. The van der Waals surface area contributed by atoms with Crippen molar-refractivity contribution in [1.29, 1.82) is 0 Å². The fourth-order valence-electron chi connectivity index (χ4n) is 1.03. The molecule has 0 unspecified atom stereocenters. The molecule has 17 heavy (non-hydrogen) atoms. The van der Waals surface area contributed by atoms with Crippen molar-refractivity contribution in [3.8, 4) is 0 Å². The van der Waals surface area contributed by atoms with Gasteiger partial charge in [0.25, 0.3) is 0 Å². The fourth-order valence-corrected chi connectivity index (χ4v) is 1.03. The Labute approximate surface area is 98.2 Å². The fraction of sp³-hybridized carbons (Fsp3) is 0.182. The van der Waals surface area contributed by atoms with E-state index in [4.69, 9.17) is 0 Å². The van der Waals surface area contributed by atoms with Crippen molar-refractivity contribution in [1.82, 2.24) is 5.43 Å². The van der Waals surface area contributed by atoms with Crippen molar-refractivity contribution in [2.24, 2.45) is 5.10 Å². The lowest BCUT2D eigenvalue weighted by Crippen LogP contribution is -2.16. The Morgan fingerprint density at radius 1 is 1.18 bits per heavy atom. The van der Waals surface area contributed by atoms with Gasteiger partial charge in [-0.1, -0.05) is 12.1 Å². The summed E-state index contributed by atoms with van der Waals surface area (Å²) >= 11 is 0. The topological polar surface area (TPSA) is 77.0 Å².